The molecule has 0 aliphatic rings. The van der Waals surface area contributed by atoms with Crippen molar-refractivity contribution in [1.29, 1.82) is 0 Å². The Morgan fingerprint density at radius 3 is 2.50 bits per heavy atom. The molecule has 1 aromatic heterocycles. The fourth-order valence-electron chi connectivity index (χ4n) is 1.12. The van der Waals surface area contributed by atoms with Gasteiger partial charge in [0.05, 0.1) is 15.9 Å². The van der Waals surface area contributed by atoms with Gasteiger partial charge in [-0.2, -0.15) is 0 Å². The quantitative estimate of drug-likeness (QED) is 0.318. The van der Waals surface area contributed by atoms with Gasteiger partial charge < -0.3 is 22.2 Å². The molecular weight excluding hydrogens is 270 g/mol. The molecule has 2 rings (SSSR count). The number of aromatic nitrogens is 2. The van der Waals surface area contributed by atoms with Gasteiger partial charge in [0, 0.05) is 0 Å². The number of hydrogen-bond acceptors (Lipinski definition) is 5. The third-order valence-electron chi connectivity index (χ3n) is 1.72. The van der Waals surface area contributed by atoms with Crippen LogP contribution in [0.4, 0.5) is 0 Å². The molecule has 0 aliphatic heterocycles. The van der Waals surface area contributed by atoms with E-state index in [2.05, 4.69) is 9.97 Å². The molecular formula is C7H4N2Na2O3S2. The summed E-state index contributed by atoms with van der Waals surface area (Å²) >= 11 is 4.76. The summed E-state index contributed by atoms with van der Waals surface area (Å²) in [6, 6.07) is 3.87. The number of rotatable bonds is 1. The molecule has 5 nitrogen and oxygen atoms in total. The summed E-state index contributed by atoms with van der Waals surface area (Å²) in [6.45, 7) is 0. The second-order valence-corrected chi connectivity index (χ2v) is 4.44. The van der Waals surface area contributed by atoms with Gasteiger partial charge in [-0.3, -0.25) is 4.98 Å². The predicted octanol–water partition coefficient (Wildman–Crippen LogP) is -5.62. The zero-order chi connectivity index (χ0) is 10.3. The van der Waals surface area contributed by atoms with E-state index in [1.54, 1.807) is 0 Å². The second-order valence-electron chi connectivity index (χ2n) is 2.68. The number of H-pyrrole nitrogens is 1. The van der Waals surface area contributed by atoms with E-state index < -0.39 is 10.1 Å². The number of fused-ring (bicyclic) bond motifs is 1. The minimum Gasteiger partial charge on any atom is -0.744 e. The Balaban J connectivity index is 0.00000112. The molecule has 0 aliphatic carbocycles. The van der Waals surface area contributed by atoms with E-state index in [1.807, 2.05) is 0 Å². The van der Waals surface area contributed by atoms with Crippen molar-refractivity contribution in [3.63, 3.8) is 0 Å². The molecule has 0 unspecified atom stereocenters. The van der Waals surface area contributed by atoms with Crippen molar-refractivity contribution in [2.45, 2.75) is 10.1 Å². The van der Waals surface area contributed by atoms with E-state index in [1.165, 1.54) is 18.2 Å². The van der Waals surface area contributed by atoms with E-state index in [0.29, 0.717) is 11.0 Å². The third-order valence-corrected chi connectivity index (χ3v) is 2.74. The summed E-state index contributed by atoms with van der Waals surface area (Å²) in [4.78, 5) is 6.28. The summed E-state index contributed by atoms with van der Waals surface area (Å²) in [5.41, 5.74) is 0.995. The monoisotopic (exact) mass is 274 g/mol. The van der Waals surface area contributed by atoms with Crippen molar-refractivity contribution in [3.05, 3.63) is 18.2 Å². The van der Waals surface area contributed by atoms with Crippen LogP contribution in [0.1, 0.15) is 0 Å². The van der Waals surface area contributed by atoms with Gasteiger partial charge in [0.1, 0.15) is 10.1 Å². The van der Waals surface area contributed by atoms with Gasteiger partial charge in [-0.15, -0.1) is 0 Å². The van der Waals surface area contributed by atoms with Gasteiger partial charge >= 0.3 is 59.1 Å². The van der Waals surface area contributed by atoms with Crippen LogP contribution in [0.5, 0.6) is 0 Å². The summed E-state index contributed by atoms with van der Waals surface area (Å²) in [6.07, 6.45) is 0. The fourth-order valence-corrected chi connectivity index (χ4v) is 1.83. The number of imidazole rings is 1. The van der Waals surface area contributed by atoms with Crippen LogP contribution in [0.15, 0.2) is 28.3 Å². The molecule has 0 amide bonds. The normalized spacial score (nSPS) is 10.6. The number of aromatic amines is 1. The molecule has 0 saturated carbocycles. The molecule has 0 fully saturated rings. The number of benzene rings is 1. The van der Waals surface area contributed by atoms with Crippen molar-refractivity contribution in [1.82, 2.24) is 9.97 Å². The zero-order valence-corrected chi connectivity index (χ0v) is 14.4. The van der Waals surface area contributed by atoms with Crippen LogP contribution in [-0.4, -0.2) is 22.9 Å². The molecule has 0 saturated heterocycles. The molecule has 1 aromatic carbocycles. The van der Waals surface area contributed by atoms with Crippen LogP contribution in [0.25, 0.3) is 11.0 Å². The molecule has 0 spiro atoms. The molecule has 16 heavy (non-hydrogen) atoms. The van der Waals surface area contributed by atoms with E-state index in [-0.39, 0.29) is 69.2 Å². The largest absolute Gasteiger partial charge is 1.00 e. The second kappa shape index (κ2) is 6.12. The smallest absolute Gasteiger partial charge is 0.744 e. The first-order chi connectivity index (χ1) is 6.47. The third kappa shape index (κ3) is 3.66. The molecule has 74 valence electrons. The van der Waals surface area contributed by atoms with Crippen LogP contribution < -0.4 is 59.1 Å². The van der Waals surface area contributed by atoms with Gasteiger partial charge in [0.2, 0.25) is 0 Å². The van der Waals surface area contributed by atoms with Crippen LogP contribution in [0, 0.1) is 0 Å². The Morgan fingerprint density at radius 1 is 1.31 bits per heavy atom. The minimum absolute atomic E-state index is 0. The van der Waals surface area contributed by atoms with Crippen molar-refractivity contribution in [3.8, 4) is 0 Å². The molecule has 0 bridgehead atoms. The van der Waals surface area contributed by atoms with Crippen molar-refractivity contribution >= 4 is 33.8 Å². The first-order valence-electron chi connectivity index (χ1n) is 3.59. The molecule has 9 heteroatoms. The van der Waals surface area contributed by atoms with Crippen molar-refractivity contribution < 1.29 is 72.1 Å². The topological polar surface area (TPSA) is 85.9 Å². The molecule has 0 radical (unpaired) electrons. The SMILES string of the molecule is O=S(=O)([O-])c1ccc2nc([S-])[nH]c2c1.[Na+].[Na+]. The van der Waals surface area contributed by atoms with Crippen molar-refractivity contribution in [2.24, 2.45) is 0 Å². The standard InChI is InChI=1S/C7H6N2O3S2.2Na/c10-14(11,12)4-1-2-5-6(3-4)9-7(13)8-5;;/h1-3H,(H2,8,9,13)(H,10,11,12);;/q;2*+1/p-2. The summed E-state index contributed by atoms with van der Waals surface area (Å²) in [5.74, 6) is 0. The molecule has 1 heterocycles. The first-order valence-corrected chi connectivity index (χ1v) is 5.41. The predicted molar refractivity (Wildman–Crippen MR) is 49.7 cm³/mol. The average Bonchev–Trinajstić information content (AvgIpc) is 2.41. The van der Waals surface area contributed by atoms with Crippen LogP contribution >= 0.6 is 0 Å². The number of nitrogens with one attached hydrogen (secondary N) is 1. The summed E-state index contributed by atoms with van der Waals surface area (Å²) in [7, 11) is -4.42. The van der Waals surface area contributed by atoms with Crippen LogP contribution in [0.2, 0.25) is 0 Å². The van der Waals surface area contributed by atoms with Crippen LogP contribution in [-0.2, 0) is 22.7 Å². The fraction of sp³-hybridized carbons (Fsp3) is 0. The molecule has 2 aromatic rings. The Labute approximate surface area is 142 Å². The van der Waals surface area contributed by atoms with Gasteiger partial charge in [-0.05, 0) is 23.4 Å². The van der Waals surface area contributed by atoms with E-state index in [0.717, 1.165) is 0 Å². The Hall–Kier alpha value is 0.820. The summed E-state index contributed by atoms with van der Waals surface area (Å²) in [5, 5.41) is 0.264. The Kier molecular flexibility index (Phi) is 6.44. The van der Waals surface area contributed by atoms with E-state index in [4.69, 9.17) is 12.6 Å². The Bertz CT molecular complexity index is 597. The van der Waals surface area contributed by atoms with Gasteiger partial charge in [-0.1, -0.05) is 0 Å². The maximum absolute atomic E-state index is 10.7. The van der Waals surface area contributed by atoms with Gasteiger partial charge in [0.15, 0.2) is 0 Å². The first kappa shape index (κ1) is 16.8. The summed E-state index contributed by atoms with van der Waals surface area (Å²) < 4.78 is 32.0. The van der Waals surface area contributed by atoms with E-state index >= 15 is 0 Å². The maximum Gasteiger partial charge on any atom is 1.00 e. The average molecular weight is 274 g/mol. The van der Waals surface area contributed by atoms with Crippen molar-refractivity contribution in [2.75, 3.05) is 0 Å². The van der Waals surface area contributed by atoms with E-state index in [9.17, 15) is 13.0 Å². The minimum atomic E-state index is -4.42. The number of hydrogen-bond donors (Lipinski definition) is 1. The molecule has 0 atom stereocenters. The number of nitrogens with zero attached hydrogens (tertiary/aromatic N) is 1. The van der Waals surface area contributed by atoms with Gasteiger partial charge in [-0.25, -0.2) is 8.42 Å². The Morgan fingerprint density at radius 2 is 1.94 bits per heavy atom. The molecule has 1 N–H and O–H groups in total. The van der Waals surface area contributed by atoms with Gasteiger partial charge in [0.25, 0.3) is 0 Å². The maximum atomic E-state index is 10.7. The zero-order valence-electron chi connectivity index (χ0n) is 8.72. The van der Waals surface area contributed by atoms with Crippen LogP contribution in [0.3, 0.4) is 0 Å².